The van der Waals surface area contributed by atoms with Crippen molar-refractivity contribution < 1.29 is 26.7 Å². The molecule has 4 nitrogen and oxygen atoms in total. The Morgan fingerprint density at radius 1 is 1.17 bits per heavy atom. The summed E-state index contributed by atoms with van der Waals surface area (Å²) in [6, 6.07) is 3.90. The lowest BCUT2D eigenvalue weighted by molar-refractivity contribution is -0.138. The van der Waals surface area contributed by atoms with Crippen LogP contribution in [-0.4, -0.2) is 14.6 Å². The highest BCUT2D eigenvalue weighted by Gasteiger charge is 2.39. The third-order valence-corrected chi connectivity index (χ3v) is 4.77. The molecule has 3 aromatic rings. The number of nitrogens with zero attached hydrogens (tertiary/aromatic N) is 3. The summed E-state index contributed by atoms with van der Waals surface area (Å²) in [5, 5.41) is 7.69. The van der Waals surface area contributed by atoms with E-state index in [1.807, 2.05) is 0 Å². The van der Waals surface area contributed by atoms with Gasteiger partial charge in [-0.15, -0.1) is 22.6 Å². The summed E-state index contributed by atoms with van der Waals surface area (Å²) in [6.45, 7) is 1.37. The van der Waals surface area contributed by atoms with Crippen molar-refractivity contribution in [3.8, 4) is 5.75 Å². The molecule has 0 saturated heterocycles. The Labute approximate surface area is 169 Å². The molecule has 1 atom stereocenters. The summed E-state index contributed by atoms with van der Waals surface area (Å²) in [7, 11) is 0. The lowest BCUT2D eigenvalue weighted by Gasteiger charge is -2.20. The van der Waals surface area contributed by atoms with Crippen molar-refractivity contribution in [2.24, 2.45) is 5.92 Å². The van der Waals surface area contributed by atoms with E-state index in [4.69, 9.17) is 4.74 Å². The first-order valence-corrected chi connectivity index (χ1v) is 8.79. The first-order valence-electron chi connectivity index (χ1n) is 8.79. The lowest BCUT2D eigenvalue weighted by Crippen LogP contribution is -2.16. The topological polar surface area (TPSA) is 39.4 Å². The molecule has 0 aliphatic heterocycles. The molecule has 0 N–H and O–H groups in total. The van der Waals surface area contributed by atoms with Crippen molar-refractivity contribution in [1.82, 2.24) is 14.6 Å². The highest BCUT2D eigenvalue weighted by molar-refractivity contribution is 5.85. The van der Waals surface area contributed by atoms with Gasteiger partial charge in [0.25, 0.3) is 0 Å². The molecule has 1 aliphatic rings. The predicted molar refractivity (Wildman–Crippen MR) is 97.1 cm³/mol. The predicted octanol–water partition coefficient (Wildman–Crippen LogP) is 5.54. The van der Waals surface area contributed by atoms with Gasteiger partial charge < -0.3 is 4.74 Å². The molecular formula is C19H17ClF5N3O. The number of hydrogen-bond donors (Lipinski definition) is 0. The monoisotopic (exact) mass is 433 g/mol. The van der Waals surface area contributed by atoms with Crippen LogP contribution in [0.1, 0.15) is 42.8 Å². The summed E-state index contributed by atoms with van der Waals surface area (Å²) in [4.78, 5) is 0. The maximum atomic E-state index is 13.8. The maximum absolute atomic E-state index is 13.8. The molecule has 1 fully saturated rings. The second-order valence-corrected chi connectivity index (χ2v) is 6.94. The molecule has 1 aromatic carbocycles. The fraction of sp³-hybridized carbons (Fsp3) is 0.368. The molecule has 0 amide bonds. The van der Waals surface area contributed by atoms with Crippen molar-refractivity contribution >= 4 is 18.1 Å². The van der Waals surface area contributed by atoms with Gasteiger partial charge in [0.1, 0.15) is 23.3 Å². The Balaban J connectivity index is 0.00000240. The third-order valence-electron chi connectivity index (χ3n) is 4.77. The van der Waals surface area contributed by atoms with Gasteiger partial charge >= 0.3 is 6.18 Å². The van der Waals surface area contributed by atoms with Crippen LogP contribution in [0.3, 0.4) is 0 Å². The van der Waals surface area contributed by atoms with Gasteiger partial charge in [-0.2, -0.15) is 13.2 Å². The van der Waals surface area contributed by atoms with Crippen LogP contribution in [0.2, 0.25) is 0 Å². The van der Waals surface area contributed by atoms with E-state index < -0.39 is 29.5 Å². The van der Waals surface area contributed by atoms with Crippen LogP contribution in [0.5, 0.6) is 5.75 Å². The van der Waals surface area contributed by atoms with Crippen molar-refractivity contribution in [3.05, 3.63) is 59.0 Å². The largest absolute Gasteiger partial charge is 0.483 e. The molecule has 2 heterocycles. The van der Waals surface area contributed by atoms with Crippen molar-refractivity contribution in [1.29, 1.82) is 0 Å². The minimum absolute atomic E-state index is 0. The number of pyridine rings is 1. The Morgan fingerprint density at radius 3 is 2.52 bits per heavy atom. The van der Waals surface area contributed by atoms with Gasteiger partial charge in [0.2, 0.25) is 0 Å². The number of fused-ring (bicyclic) bond motifs is 1. The summed E-state index contributed by atoms with van der Waals surface area (Å²) in [6.07, 6.45) is -1.74. The van der Waals surface area contributed by atoms with Crippen LogP contribution >= 0.6 is 12.4 Å². The molecule has 4 rings (SSSR count). The normalized spacial score (nSPS) is 15.2. The fourth-order valence-electron chi connectivity index (χ4n) is 3.19. The standard InChI is InChI=1S/C19H16F5N3O.ClH/c1-10(28-15-5-4-12(20)9-14(15)21)13-6-7-27-16(8-11-2-3-11)25-26-18(27)17(13)19(22,23)24;/h4-7,9-11H,2-3,8H2,1H3;1H. The van der Waals surface area contributed by atoms with Gasteiger partial charge in [-0.25, -0.2) is 8.78 Å². The van der Waals surface area contributed by atoms with Gasteiger partial charge in [0.15, 0.2) is 17.2 Å². The first kappa shape index (κ1) is 21.3. The first-order chi connectivity index (χ1) is 13.2. The summed E-state index contributed by atoms with van der Waals surface area (Å²) in [5.41, 5.74) is -1.48. The van der Waals surface area contributed by atoms with E-state index in [1.165, 1.54) is 23.6 Å². The smallest absolute Gasteiger partial charge is 0.420 e. The van der Waals surface area contributed by atoms with Gasteiger partial charge in [0.05, 0.1) is 0 Å². The number of rotatable bonds is 5. The molecule has 0 bridgehead atoms. The number of halogens is 6. The zero-order valence-corrected chi connectivity index (χ0v) is 16.0. The summed E-state index contributed by atoms with van der Waals surface area (Å²) < 4.78 is 75.1. The van der Waals surface area contributed by atoms with E-state index in [0.29, 0.717) is 24.2 Å². The van der Waals surface area contributed by atoms with Gasteiger partial charge in [-0.3, -0.25) is 4.40 Å². The Bertz CT molecular complexity index is 1030. The Hall–Kier alpha value is -2.42. The van der Waals surface area contributed by atoms with E-state index in [0.717, 1.165) is 25.0 Å². The number of benzene rings is 1. The second kappa shape index (κ2) is 7.78. The highest BCUT2D eigenvalue weighted by atomic mass is 35.5. The molecular weight excluding hydrogens is 417 g/mol. The average Bonchev–Trinajstić information content (AvgIpc) is 3.34. The van der Waals surface area contributed by atoms with E-state index in [2.05, 4.69) is 10.2 Å². The molecule has 1 saturated carbocycles. The van der Waals surface area contributed by atoms with E-state index in [9.17, 15) is 22.0 Å². The molecule has 0 spiro atoms. The minimum atomic E-state index is -4.71. The Kier molecular flexibility index (Phi) is 5.71. The van der Waals surface area contributed by atoms with Crippen LogP contribution in [-0.2, 0) is 12.6 Å². The van der Waals surface area contributed by atoms with E-state index in [-0.39, 0.29) is 29.4 Å². The number of ether oxygens (including phenoxy) is 1. The van der Waals surface area contributed by atoms with Crippen LogP contribution in [0.15, 0.2) is 30.5 Å². The van der Waals surface area contributed by atoms with Crippen LogP contribution < -0.4 is 4.74 Å². The lowest BCUT2D eigenvalue weighted by atomic mass is 10.0. The van der Waals surface area contributed by atoms with E-state index >= 15 is 0 Å². The summed E-state index contributed by atoms with van der Waals surface area (Å²) in [5.74, 6) is -1.21. The van der Waals surface area contributed by atoms with Crippen molar-refractivity contribution in [3.63, 3.8) is 0 Å². The molecule has 2 aromatic heterocycles. The third kappa shape index (κ3) is 4.29. The Morgan fingerprint density at radius 2 is 1.90 bits per heavy atom. The van der Waals surface area contributed by atoms with Crippen molar-refractivity contribution in [2.75, 3.05) is 0 Å². The average molecular weight is 434 g/mol. The molecule has 1 unspecified atom stereocenters. The van der Waals surface area contributed by atoms with Gasteiger partial charge in [-0.1, -0.05) is 0 Å². The minimum Gasteiger partial charge on any atom is -0.483 e. The number of alkyl halides is 3. The molecule has 10 heteroatoms. The maximum Gasteiger partial charge on any atom is 0.420 e. The SMILES string of the molecule is CC(Oc1ccc(F)cc1F)c1ccn2c(CC3CC3)nnc2c1C(F)(F)F.Cl. The van der Waals surface area contributed by atoms with Crippen LogP contribution in [0.25, 0.3) is 5.65 Å². The van der Waals surface area contributed by atoms with Gasteiger partial charge in [-0.05, 0) is 43.9 Å². The highest BCUT2D eigenvalue weighted by Crippen LogP contribution is 2.39. The van der Waals surface area contributed by atoms with E-state index in [1.54, 1.807) is 0 Å². The molecule has 29 heavy (non-hydrogen) atoms. The van der Waals surface area contributed by atoms with Crippen LogP contribution in [0, 0.1) is 17.6 Å². The number of aromatic nitrogens is 3. The molecule has 1 aliphatic carbocycles. The zero-order chi connectivity index (χ0) is 20.1. The zero-order valence-electron chi connectivity index (χ0n) is 15.2. The summed E-state index contributed by atoms with van der Waals surface area (Å²) >= 11 is 0. The molecule has 0 radical (unpaired) electrons. The van der Waals surface area contributed by atoms with Gasteiger partial charge in [0, 0.05) is 24.2 Å². The second-order valence-electron chi connectivity index (χ2n) is 6.94. The quantitative estimate of drug-likeness (QED) is 0.496. The van der Waals surface area contributed by atoms with Crippen LogP contribution in [0.4, 0.5) is 22.0 Å². The van der Waals surface area contributed by atoms with Crippen molar-refractivity contribution in [2.45, 2.75) is 38.5 Å². The number of hydrogen-bond acceptors (Lipinski definition) is 3. The fourth-order valence-corrected chi connectivity index (χ4v) is 3.19. The molecule has 156 valence electrons.